The Labute approximate surface area is 115 Å². The van der Waals surface area contributed by atoms with Gasteiger partial charge < -0.3 is 19.5 Å². The van der Waals surface area contributed by atoms with Gasteiger partial charge in [0.05, 0.1) is 21.3 Å². The molecule has 0 heterocycles. The van der Waals surface area contributed by atoms with E-state index in [9.17, 15) is 0 Å². The van der Waals surface area contributed by atoms with E-state index in [2.05, 4.69) is 11.2 Å². The van der Waals surface area contributed by atoms with Gasteiger partial charge in [0, 0.05) is 24.1 Å². The minimum absolute atomic E-state index is 0.116. The Kier molecular flexibility index (Phi) is 6.04. The van der Waals surface area contributed by atoms with Crippen LogP contribution in [0.15, 0.2) is 12.1 Å². The standard InChI is InChI=1S/C15H21NO3/c1-6-7-8-12(16-2)11-9-14(18-4)15(19-5)10-13(11)17-3/h1,9-10,12,16H,7-8H2,2-5H3. The van der Waals surface area contributed by atoms with Crippen LogP contribution in [0.3, 0.4) is 0 Å². The van der Waals surface area contributed by atoms with Crippen LogP contribution in [0.2, 0.25) is 0 Å². The molecule has 4 nitrogen and oxygen atoms in total. The van der Waals surface area contributed by atoms with Gasteiger partial charge in [0.1, 0.15) is 5.75 Å². The Hall–Kier alpha value is -1.86. The highest BCUT2D eigenvalue weighted by atomic mass is 16.5. The summed E-state index contributed by atoms with van der Waals surface area (Å²) in [4.78, 5) is 0. The number of rotatable bonds is 7. The first-order valence-corrected chi connectivity index (χ1v) is 6.12. The molecule has 0 radical (unpaired) electrons. The Bertz CT molecular complexity index is 451. The highest BCUT2D eigenvalue weighted by Gasteiger charge is 2.18. The molecule has 104 valence electrons. The minimum Gasteiger partial charge on any atom is -0.496 e. The summed E-state index contributed by atoms with van der Waals surface area (Å²) in [5.41, 5.74) is 1.01. The van der Waals surface area contributed by atoms with Crippen LogP contribution < -0.4 is 19.5 Å². The van der Waals surface area contributed by atoms with E-state index in [4.69, 9.17) is 20.6 Å². The van der Waals surface area contributed by atoms with Crippen molar-refractivity contribution in [1.29, 1.82) is 0 Å². The molecule has 0 fully saturated rings. The van der Waals surface area contributed by atoms with Crippen LogP contribution in [-0.4, -0.2) is 28.4 Å². The van der Waals surface area contributed by atoms with E-state index in [-0.39, 0.29) is 6.04 Å². The van der Waals surface area contributed by atoms with Crippen LogP contribution in [0.25, 0.3) is 0 Å². The maximum Gasteiger partial charge on any atom is 0.164 e. The van der Waals surface area contributed by atoms with Gasteiger partial charge in [0.15, 0.2) is 11.5 Å². The van der Waals surface area contributed by atoms with Crippen LogP contribution in [0.5, 0.6) is 17.2 Å². The number of ether oxygens (including phenoxy) is 3. The molecule has 0 saturated heterocycles. The molecule has 0 spiro atoms. The fourth-order valence-corrected chi connectivity index (χ4v) is 2.01. The summed E-state index contributed by atoms with van der Waals surface area (Å²) in [6, 6.07) is 3.87. The maximum atomic E-state index is 5.42. The van der Waals surface area contributed by atoms with Crippen LogP contribution in [-0.2, 0) is 0 Å². The lowest BCUT2D eigenvalue weighted by Gasteiger charge is -2.20. The van der Waals surface area contributed by atoms with Crippen LogP contribution in [0, 0.1) is 12.3 Å². The maximum absolute atomic E-state index is 5.42. The summed E-state index contributed by atoms with van der Waals surface area (Å²) < 4.78 is 16.0. The van der Waals surface area contributed by atoms with E-state index in [0.717, 1.165) is 17.7 Å². The number of methoxy groups -OCH3 is 3. The van der Waals surface area contributed by atoms with Gasteiger partial charge in [-0.1, -0.05) is 0 Å². The SMILES string of the molecule is C#CCCC(NC)c1cc(OC)c(OC)cc1OC. The fraction of sp³-hybridized carbons (Fsp3) is 0.467. The van der Waals surface area contributed by atoms with Gasteiger partial charge in [-0.15, -0.1) is 12.3 Å². The Morgan fingerprint density at radius 3 is 2.16 bits per heavy atom. The summed E-state index contributed by atoms with van der Waals surface area (Å²) in [6.45, 7) is 0. The lowest BCUT2D eigenvalue weighted by Crippen LogP contribution is -2.17. The molecule has 0 aromatic heterocycles. The normalized spacial score (nSPS) is 11.5. The van der Waals surface area contributed by atoms with Crippen LogP contribution in [0.1, 0.15) is 24.4 Å². The van der Waals surface area contributed by atoms with Gasteiger partial charge in [-0.25, -0.2) is 0 Å². The van der Waals surface area contributed by atoms with Crippen molar-refractivity contribution in [3.63, 3.8) is 0 Å². The Morgan fingerprint density at radius 1 is 1.11 bits per heavy atom. The fourth-order valence-electron chi connectivity index (χ4n) is 2.01. The number of nitrogens with one attached hydrogen (secondary N) is 1. The molecule has 1 aromatic carbocycles. The van der Waals surface area contributed by atoms with E-state index in [1.165, 1.54) is 0 Å². The molecule has 1 aromatic rings. The molecule has 1 atom stereocenters. The highest BCUT2D eigenvalue weighted by Crippen LogP contribution is 2.38. The first kappa shape index (κ1) is 15.2. The topological polar surface area (TPSA) is 39.7 Å². The molecule has 1 unspecified atom stereocenters. The lowest BCUT2D eigenvalue weighted by atomic mass is 10.0. The molecule has 19 heavy (non-hydrogen) atoms. The average molecular weight is 263 g/mol. The van der Waals surface area contributed by atoms with Gasteiger partial charge in [0.2, 0.25) is 0 Å². The molecule has 0 aliphatic carbocycles. The van der Waals surface area contributed by atoms with Crippen molar-refractivity contribution in [3.8, 4) is 29.6 Å². The average Bonchev–Trinajstić information content (AvgIpc) is 2.47. The summed E-state index contributed by atoms with van der Waals surface area (Å²) in [5.74, 6) is 4.74. The predicted molar refractivity (Wildman–Crippen MR) is 76.0 cm³/mol. The second kappa shape index (κ2) is 7.55. The molecule has 0 amide bonds. The van der Waals surface area contributed by atoms with E-state index >= 15 is 0 Å². The Balaban J connectivity index is 3.19. The zero-order valence-electron chi connectivity index (χ0n) is 11.9. The molecule has 1 N–H and O–H groups in total. The van der Waals surface area contributed by atoms with Gasteiger partial charge in [0.25, 0.3) is 0 Å². The van der Waals surface area contributed by atoms with E-state index in [1.807, 2.05) is 19.2 Å². The van der Waals surface area contributed by atoms with Gasteiger partial charge in [-0.3, -0.25) is 0 Å². The van der Waals surface area contributed by atoms with E-state index < -0.39 is 0 Å². The molecule has 0 saturated carbocycles. The first-order valence-electron chi connectivity index (χ1n) is 6.12. The summed E-state index contributed by atoms with van der Waals surface area (Å²) in [5, 5.41) is 3.24. The lowest BCUT2D eigenvalue weighted by molar-refractivity contribution is 0.345. The Morgan fingerprint density at radius 2 is 1.68 bits per heavy atom. The molecule has 0 aliphatic rings. The number of terminal acetylenes is 1. The smallest absolute Gasteiger partial charge is 0.164 e. The predicted octanol–water partition coefficient (Wildman–Crippen LogP) is 2.39. The molecule has 4 heteroatoms. The summed E-state index contributed by atoms with van der Waals surface area (Å²) >= 11 is 0. The third kappa shape index (κ3) is 3.55. The zero-order chi connectivity index (χ0) is 14.3. The zero-order valence-corrected chi connectivity index (χ0v) is 11.9. The molecule has 1 rings (SSSR count). The second-order valence-corrected chi connectivity index (χ2v) is 4.03. The van der Waals surface area contributed by atoms with Gasteiger partial charge in [-0.05, 0) is 19.5 Å². The third-order valence-electron chi connectivity index (χ3n) is 3.04. The van der Waals surface area contributed by atoms with Crippen molar-refractivity contribution in [2.24, 2.45) is 0 Å². The number of hydrogen-bond acceptors (Lipinski definition) is 4. The quantitative estimate of drug-likeness (QED) is 0.767. The van der Waals surface area contributed by atoms with Crippen LogP contribution in [0.4, 0.5) is 0 Å². The summed E-state index contributed by atoms with van der Waals surface area (Å²) in [7, 11) is 6.75. The van der Waals surface area contributed by atoms with E-state index in [0.29, 0.717) is 17.9 Å². The van der Waals surface area contributed by atoms with Crippen LogP contribution >= 0.6 is 0 Å². The largest absolute Gasteiger partial charge is 0.496 e. The number of hydrogen-bond donors (Lipinski definition) is 1. The van der Waals surface area contributed by atoms with Crippen molar-refractivity contribution in [1.82, 2.24) is 5.32 Å². The van der Waals surface area contributed by atoms with Crippen molar-refractivity contribution in [2.75, 3.05) is 28.4 Å². The number of benzene rings is 1. The van der Waals surface area contributed by atoms with Crippen molar-refractivity contribution >= 4 is 0 Å². The van der Waals surface area contributed by atoms with Crippen molar-refractivity contribution < 1.29 is 14.2 Å². The first-order chi connectivity index (χ1) is 9.21. The second-order valence-electron chi connectivity index (χ2n) is 4.03. The third-order valence-corrected chi connectivity index (χ3v) is 3.04. The highest BCUT2D eigenvalue weighted by molar-refractivity contribution is 5.51. The molecular weight excluding hydrogens is 242 g/mol. The van der Waals surface area contributed by atoms with Gasteiger partial charge in [-0.2, -0.15) is 0 Å². The minimum atomic E-state index is 0.116. The van der Waals surface area contributed by atoms with Gasteiger partial charge >= 0.3 is 0 Å². The monoisotopic (exact) mass is 263 g/mol. The molecular formula is C15H21NO3. The van der Waals surface area contributed by atoms with Crippen molar-refractivity contribution in [3.05, 3.63) is 17.7 Å². The van der Waals surface area contributed by atoms with Crippen molar-refractivity contribution in [2.45, 2.75) is 18.9 Å². The summed E-state index contributed by atoms with van der Waals surface area (Å²) in [6.07, 6.45) is 6.86. The molecule has 0 aliphatic heterocycles. The molecule has 0 bridgehead atoms. The van der Waals surface area contributed by atoms with E-state index in [1.54, 1.807) is 21.3 Å².